The standard InChI is InChI=1S/C22H18N2O5S2/c1-31(26,27)18-11-12-19-20(13-18)30-22(23-19)24-21(25)14-28-15-7-9-17(10-8-15)29-16-5-3-2-4-6-16/h2-13H,14H2,1H3,(H,23,24,25). The van der Waals surface area contributed by atoms with Gasteiger partial charge in [-0.3, -0.25) is 10.1 Å². The molecule has 31 heavy (non-hydrogen) atoms. The van der Waals surface area contributed by atoms with Gasteiger partial charge in [0.25, 0.3) is 5.91 Å². The van der Waals surface area contributed by atoms with Crippen molar-refractivity contribution in [1.29, 1.82) is 0 Å². The van der Waals surface area contributed by atoms with E-state index in [9.17, 15) is 13.2 Å². The molecule has 1 amide bonds. The number of fused-ring (bicyclic) bond motifs is 1. The summed E-state index contributed by atoms with van der Waals surface area (Å²) in [6, 6.07) is 21.0. The molecule has 0 unspecified atom stereocenters. The van der Waals surface area contributed by atoms with Crippen molar-refractivity contribution in [3.05, 3.63) is 72.8 Å². The van der Waals surface area contributed by atoms with Gasteiger partial charge in [-0.15, -0.1) is 0 Å². The largest absolute Gasteiger partial charge is 0.484 e. The van der Waals surface area contributed by atoms with Gasteiger partial charge in [0.05, 0.1) is 15.1 Å². The second kappa shape index (κ2) is 8.75. The molecule has 1 heterocycles. The summed E-state index contributed by atoms with van der Waals surface area (Å²) < 4.78 is 35.3. The number of para-hydroxylation sites is 1. The van der Waals surface area contributed by atoms with E-state index in [4.69, 9.17) is 9.47 Å². The zero-order valence-electron chi connectivity index (χ0n) is 16.4. The Balaban J connectivity index is 1.34. The van der Waals surface area contributed by atoms with Gasteiger partial charge in [-0.1, -0.05) is 29.5 Å². The van der Waals surface area contributed by atoms with Crippen molar-refractivity contribution in [1.82, 2.24) is 4.98 Å². The monoisotopic (exact) mass is 454 g/mol. The van der Waals surface area contributed by atoms with E-state index >= 15 is 0 Å². The first-order valence-corrected chi connectivity index (χ1v) is 11.9. The highest BCUT2D eigenvalue weighted by molar-refractivity contribution is 7.90. The molecule has 0 bridgehead atoms. The molecule has 4 rings (SSSR count). The average Bonchev–Trinajstić information content (AvgIpc) is 3.15. The summed E-state index contributed by atoms with van der Waals surface area (Å²) in [4.78, 5) is 16.7. The average molecular weight is 455 g/mol. The predicted molar refractivity (Wildman–Crippen MR) is 120 cm³/mol. The van der Waals surface area contributed by atoms with Crippen LogP contribution in [0.15, 0.2) is 77.7 Å². The lowest BCUT2D eigenvalue weighted by Gasteiger charge is -2.08. The molecular formula is C22H18N2O5S2. The van der Waals surface area contributed by atoms with Gasteiger partial charge < -0.3 is 9.47 Å². The fourth-order valence-corrected chi connectivity index (χ4v) is 4.36. The number of carbonyl (C=O) groups is 1. The van der Waals surface area contributed by atoms with Crippen molar-refractivity contribution in [3.8, 4) is 17.2 Å². The number of ether oxygens (including phenoxy) is 2. The molecule has 4 aromatic rings. The molecule has 0 atom stereocenters. The number of amides is 1. The summed E-state index contributed by atoms with van der Waals surface area (Å²) in [6.45, 7) is -0.191. The number of nitrogens with zero attached hydrogens (tertiary/aromatic N) is 1. The predicted octanol–water partition coefficient (Wildman–Crippen LogP) is 4.51. The van der Waals surface area contributed by atoms with Gasteiger partial charge in [0.1, 0.15) is 17.2 Å². The van der Waals surface area contributed by atoms with Crippen LogP contribution >= 0.6 is 11.3 Å². The Morgan fingerprint density at radius 3 is 2.35 bits per heavy atom. The summed E-state index contributed by atoms with van der Waals surface area (Å²) in [5, 5.41) is 3.05. The number of rotatable bonds is 7. The fourth-order valence-electron chi connectivity index (χ4n) is 2.72. The van der Waals surface area contributed by atoms with Gasteiger partial charge in [0, 0.05) is 6.26 Å². The first-order valence-electron chi connectivity index (χ1n) is 9.23. The highest BCUT2D eigenvalue weighted by Crippen LogP contribution is 2.28. The normalized spacial score (nSPS) is 11.3. The number of hydrogen-bond donors (Lipinski definition) is 1. The van der Waals surface area contributed by atoms with Gasteiger partial charge in [-0.25, -0.2) is 13.4 Å². The SMILES string of the molecule is CS(=O)(=O)c1ccc2nc(NC(=O)COc3ccc(Oc4ccccc4)cc3)sc2c1. The van der Waals surface area contributed by atoms with Crippen LogP contribution in [-0.2, 0) is 14.6 Å². The molecule has 0 spiro atoms. The van der Waals surface area contributed by atoms with E-state index in [-0.39, 0.29) is 17.4 Å². The van der Waals surface area contributed by atoms with Gasteiger partial charge in [-0.2, -0.15) is 0 Å². The third-order valence-electron chi connectivity index (χ3n) is 4.21. The molecule has 7 nitrogen and oxygen atoms in total. The van der Waals surface area contributed by atoms with Crippen molar-refractivity contribution in [2.24, 2.45) is 0 Å². The first kappa shape index (κ1) is 20.8. The minimum Gasteiger partial charge on any atom is -0.484 e. The fraction of sp³-hybridized carbons (Fsp3) is 0.0909. The Bertz CT molecular complexity index is 1320. The number of aromatic nitrogens is 1. The molecule has 158 valence electrons. The number of thiazole rings is 1. The van der Waals surface area contributed by atoms with Crippen molar-refractivity contribution >= 4 is 42.4 Å². The highest BCUT2D eigenvalue weighted by atomic mass is 32.2. The van der Waals surface area contributed by atoms with Crippen molar-refractivity contribution in [3.63, 3.8) is 0 Å². The van der Waals surface area contributed by atoms with Crippen LogP contribution in [0.3, 0.4) is 0 Å². The lowest BCUT2D eigenvalue weighted by Crippen LogP contribution is -2.19. The third kappa shape index (κ3) is 5.39. The van der Waals surface area contributed by atoms with E-state index in [0.717, 1.165) is 12.0 Å². The van der Waals surface area contributed by atoms with Gasteiger partial charge >= 0.3 is 0 Å². The van der Waals surface area contributed by atoms with E-state index in [2.05, 4.69) is 10.3 Å². The van der Waals surface area contributed by atoms with Crippen LogP contribution in [0.5, 0.6) is 17.2 Å². The minimum absolute atomic E-state index is 0.191. The summed E-state index contributed by atoms with van der Waals surface area (Å²) in [6.07, 6.45) is 1.15. The smallest absolute Gasteiger partial charge is 0.264 e. The maximum absolute atomic E-state index is 12.2. The Hall–Kier alpha value is -3.43. The van der Waals surface area contributed by atoms with Crippen LogP contribution in [0.2, 0.25) is 0 Å². The Morgan fingerprint density at radius 1 is 0.968 bits per heavy atom. The Morgan fingerprint density at radius 2 is 1.65 bits per heavy atom. The molecule has 1 N–H and O–H groups in total. The molecule has 0 saturated heterocycles. The van der Waals surface area contributed by atoms with Gasteiger partial charge in [0.2, 0.25) is 0 Å². The zero-order chi connectivity index (χ0) is 21.8. The molecule has 0 fully saturated rings. The maximum Gasteiger partial charge on any atom is 0.264 e. The van der Waals surface area contributed by atoms with Crippen LogP contribution in [-0.4, -0.2) is 32.2 Å². The molecule has 0 radical (unpaired) electrons. The van der Waals surface area contributed by atoms with Gasteiger partial charge in [0.15, 0.2) is 21.6 Å². The number of nitrogens with one attached hydrogen (secondary N) is 1. The summed E-state index contributed by atoms with van der Waals surface area (Å²) in [7, 11) is -3.31. The molecule has 0 aliphatic carbocycles. The second-order valence-electron chi connectivity index (χ2n) is 6.64. The highest BCUT2D eigenvalue weighted by Gasteiger charge is 2.12. The quantitative estimate of drug-likeness (QED) is 0.442. The molecule has 3 aromatic carbocycles. The topological polar surface area (TPSA) is 94.6 Å². The first-order chi connectivity index (χ1) is 14.9. The number of sulfone groups is 1. The van der Waals surface area contributed by atoms with Crippen LogP contribution in [0.25, 0.3) is 10.2 Å². The van der Waals surface area contributed by atoms with Crippen LogP contribution < -0.4 is 14.8 Å². The molecule has 1 aromatic heterocycles. The van der Waals surface area contributed by atoms with Crippen molar-refractivity contribution < 1.29 is 22.7 Å². The summed E-state index contributed by atoms with van der Waals surface area (Å²) >= 11 is 1.20. The third-order valence-corrected chi connectivity index (χ3v) is 6.25. The Kier molecular flexibility index (Phi) is 5.88. The summed E-state index contributed by atoms with van der Waals surface area (Å²) in [5.74, 6) is 1.55. The number of hydrogen-bond acceptors (Lipinski definition) is 7. The van der Waals surface area contributed by atoms with E-state index < -0.39 is 9.84 Å². The van der Waals surface area contributed by atoms with E-state index in [1.165, 1.54) is 17.4 Å². The van der Waals surface area contributed by atoms with E-state index in [0.29, 0.717) is 26.8 Å². The molecule has 9 heteroatoms. The maximum atomic E-state index is 12.2. The molecule has 0 aliphatic rings. The van der Waals surface area contributed by atoms with Crippen LogP contribution in [0.1, 0.15) is 0 Å². The zero-order valence-corrected chi connectivity index (χ0v) is 18.1. The van der Waals surface area contributed by atoms with Gasteiger partial charge in [-0.05, 0) is 54.6 Å². The molecule has 0 saturated carbocycles. The van der Waals surface area contributed by atoms with E-state index in [1.807, 2.05) is 30.3 Å². The minimum atomic E-state index is -3.31. The second-order valence-corrected chi connectivity index (χ2v) is 9.69. The molecule has 0 aliphatic heterocycles. The Labute approximate surface area is 183 Å². The van der Waals surface area contributed by atoms with Crippen LogP contribution in [0.4, 0.5) is 5.13 Å². The number of benzene rings is 3. The van der Waals surface area contributed by atoms with Crippen molar-refractivity contribution in [2.45, 2.75) is 4.90 Å². The lowest BCUT2D eigenvalue weighted by atomic mass is 10.3. The number of anilines is 1. The van der Waals surface area contributed by atoms with E-state index in [1.54, 1.807) is 36.4 Å². The molecular weight excluding hydrogens is 436 g/mol. The van der Waals surface area contributed by atoms with Crippen molar-refractivity contribution in [2.75, 3.05) is 18.2 Å². The number of carbonyl (C=O) groups excluding carboxylic acids is 1. The summed E-state index contributed by atoms with van der Waals surface area (Å²) in [5.41, 5.74) is 0.614. The van der Waals surface area contributed by atoms with Crippen LogP contribution in [0, 0.1) is 0 Å². The lowest BCUT2D eigenvalue weighted by molar-refractivity contribution is -0.118.